The number of benzene rings is 2. The molecule has 0 saturated carbocycles. The molecule has 45 heavy (non-hydrogen) atoms. The fourth-order valence-corrected chi connectivity index (χ4v) is 7.01. The molecule has 14 heteroatoms. The Morgan fingerprint density at radius 1 is 1.11 bits per heavy atom. The lowest BCUT2D eigenvalue weighted by Gasteiger charge is -2.38. The summed E-state index contributed by atoms with van der Waals surface area (Å²) in [4.78, 5) is 28.4. The monoisotopic (exact) mass is 640 g/mol. The number of aliphatic hydroxyl groups excluding tert-OH is 1. The van der Waals surface area contributed by atoms with E-state index in [0.29, 0.717) is 52.5 Å². The van der Waals surface area contributed by atoms with Gasteiger partial charge in [-0.1, -0.05) is 36.7 Å². The van der Waals surface area contributed by atoms with Crippen LogP contribution < -0.4 is 9.64 Å². The van der Waals surface area contributed by atoms with E-state index < -0.39 is 30.7 Å². The Bertz CT molecular complexity index is 1910. The molecule has 2 N–H and O–H groups in total. The van der Waals surface area contributed by atoms with Gasteiger partial charge >= 0.3 is 0 Å². The van der Waals surface area contributed by atoms with Gasteiger partial charge in [-0.2, -0.15) is 4.98 Å². The van der Waals surface area contributed by atoms with Crippen LogP contribution in [0.2, 0.25) is 5.02 Å². The van der Waals surface area contributed by atoms with Gasteiger partial charge in [0.15, 0.2) is 23.5 Å². The van der Waals surface area contributed by atoms with Gasteiger partial charge in [0.25, 0.3) is 12.4 Å². The molecule has 2 aliphatic heterocycles. The Morgan fingerprint density at radius 2 is 1.91 bits per heavy atom. The van der Waals surface area contributed by atoms with Crippen molar-refractivity contribution in [3.63, 3.8) is 0 Å². The number of amides is 1. The van der Waals surface area contributed by atoms with Crippen LogP contribution in [-0.4, -0.2) is 78.6 Å². The largest absolute Gasteiger partial charge is 0.459 e. The number of fused-ring (bicyclic) bond motifs is 4. The summed E-state index contributed by atoms with van der Waals surface area (Å²) in [7, 11) is 0. The predicted molar refractivity (Wildman–Crippen MR) is 162 cm³/mol. The number of imidazole rings is 1. The van der Waals surface area contributed by atoms with Crippen molar-refractivity contribution in [1.82, 2.24) is 24.4 Å². The zero-order valence-electron chi connectivity index (χ0n) is 24.5. The van der Waals surface area contributed by atoms with Crippen LogP contribution >= 0.6 is 11.6 Å². The summed E-state index contributed by atoms with van der Waals surface area (Å²) < 4.78 is 42.5. The third-order valence-corrected chi connectivity index (χ3v) is 9.18. The topological polar surface area (TPSA) is 130 Å². The maximum atomic E-state index is 14.0. The Balaban J connectivity index is 1.27. The van der Waals surface area contributed by atoms with E-state index in [9.17, 15) is 23.8 Å². The van der Waals surface area contributed by atoms with E-state index in [1.54, 1.807) is 43.3 Å². The van der Waals surface area contributed by atoms with Crippen molar-refractivity contribution in [3.8, 4) is 6.01 Å². The number of aromatic nitrogens is 4. The van der Waals surface area contributed by atoms with Gasteiger partial charge < -0.3 is 29.2 Å². The first-order chi connectivity index (χ1) is 21.6. The van der Waals surface area contributed by atoms with Crippen LogP contribution in [0.5, 0.6) is 6.01 Å². The van der Waals surface area contributed by atoms with Crippen molar-refractivity contribution in [3.05, 3.63) is 53.3 Å². The molecule has 0 spiro atoms. The summed E-state index contributed by atoms with van der Waals surface area (Å²) >= 11 is 6.69. The van der Waals surface area contributed by atoms with Crippen LogP contribution in [-0.2, 0) is 4.79 Å². The van der Waals surface area contributed by atoms with E-state index in [2.05, 4.69) is 16.9 Å². The number of carbonyl (C=O) groups excluding carboxylic acids is 1. The van der Waals surface area contributed by atoms with Gasteiger partial charge in [0.2, 0.25) is 5.91 Å². The maximum Gasteiger partial charge on any atom is 0.298 e. The Hall–Kier alpha value is -4.07. The molecule has 7 rings (SSSR count). The molecule has 1 amide bonds. The minimum Gasteiger partial charge on any atom is -0.459 e. The summed E-state index contributed by atoms with van der Waals surface area (Å²) in [5, 5.41) is 21.9. The lowest BCUT2D eigenvalue weighted by atomic mass is 9.93. The molecule has 0 aliphatic carbocycles. The van der Waals surface area contributed by atoms with Crippen molar-refractivity contribution >= 4 is 56.4 Å². The smallest absolute Gasteiger partial charge is 0.298 e. The van der Waals surface area contributed by atoms with E-state index >= 15 is 0 Å². The summed E-state index contributed by atoms with van der Waals surface area (Å²) in [6.45, 7) is 4.83. The summed E-state index contributed by atoms with van der Waals surface area (Å²) in [5.74, 6) is -0.594. The first kappa shape index (κ1) is 29.6. The molecule has 2 aromatic carbocycles. The van der Waals surface area contributed by atoms with Gasteiger partial charge in [-0.15, -0.1) is 0 Å². The second-order valence-corrected chi connectivity index (χ2v) is 12.2. The molecule has 236 valence electrons. The number of hydrogen-bond donors (Lipinski definition) is 2. The van der Waals surface area contributed by atoms with E-state index in [4.69, 9.17) is 25.7 Å². The molecule has 0 unspecified atom stereocenters. The van der Waals surface area contributed by atoms with Crippen LogP contribution in [0.4, 0.5) is 14.6 Å². The van der Waals surface area contributed by atoms with Gasteiger partial charge in [-0.25, -0.2) is 18.7 Å². The maximum absolute atomic E-state index is 14.0. The molecular weight excluding hydrogens is 610 g/mol. The number of hydrogen-bond acceptors (Lipinski definition) is 9. The number of aliphatic hydroxyl groups is 2. The van der Waals surface area contributed by atoms with Crippen LogP contribution in [0.25, 0.3) is 33.1 Å². The number of halogens is 3. The van der Waals surface area contributed by atoms with Crippen LogP contribution in [0.3, 0.4) is 0 Å². The highest BCUT2D eigenvalue weighted by molar-refractivity contribution is 6.35. The molecule has 2 aliphatic rings. The standard InChI is InChI=1S/C31H31ClF2N6O5/c1-15-13-38(16(2)41)11-10-21(15)40-25-19(32)7-5-8-20(25)35-31(40)44-17-12-22(30(42)43)39(14-17)29-26-24(36-28(37-29)27(33)34)18-6-3-4-9-23(18)45-26/h3-9,15,17,21-22,27,30,42-43H,10-14H2,1-2H3/t15-,17+,21-,22+/m1/s1. The fraction of sp³-hybridized carbons (Fsp3) is 0.419. The molecule has 0 bridgehead atoms. The predicted octanol–water partition coefficient (Wildman–Crippen LogP) is 5.08. The van der Waals surface area contributed by atoms with Crippen LogP contribution in [0.1, 0.15) is 45.0 Å². The molecular formula is C31H31ClF2N6O5. The number of furan rings is 1. The Kier molecular flexibility index (Phi) is 7.49. The molecule has 2 saturated heterocycles. The Morgan fingerprint density at radius 3 is 2.64 bits per heavy atom. The number of rotatable bonds is 6. The zero-order valence-corrected chi connectivity index (χ0v) is 25.2. The second kappa shape index (κ2) is 11.4. The number of nitrogens with zero attached hydrogens (tertiary/aromatic N) is 6. The highest BCUT2D eigenvalue weighted by Gasteiger charge is 2.42. The Labute approximate surface area is 261 Å². The number of para-hydroxylation sites is 2. The van der Waals surface area contributed by atoms with Crippen LogP contribution in [0, 0.1) is 5.92 Å². The lowest BCUT2D eigenvalue weighted by Crippen LogP contribution is -2.42. The number of carbonyl (C=O) groups is 1. The number of likely N-dealkylation sites (tertiary alicyclic amines) is 1. The fourth-order valence-electron chi connectivity index (χ4n) is 6.75. The first-order valence-electron chi connectivity index (χ1n) is 14.8. The van der Waals surface area contributed by atoms with Crippen molar-refractivity contribution in [2.24, 2.45) is 5.92 Å². The zero-order chi connectivity index (χ0) is 31.6. The van der Waals surface area contributed by atoms with Gasteiger partial charge in [-0.3, -0.25) is 9.36 Å². The van der Waals surface area contributed by atoms with Crippen molar-refractivity contribution in [2.45, 2.75) is 57.6 Å². The molecule has 2 fully saturated rings. The molecule has 11 nitrogen and oxygen atoms in total. The minimum atomic E-state index is -2.96. The normalized spacial score (nSPS) is 22.5. The average molecular weight is 641 g/mol. The number of ether oxygens (including phenoxy) is 1. The van der Waals surface area contributed by atoms with Crippen molar-refractivity contribution in [1.29, 1.82) is 0 Å². The lowest BCUT2D eigenvalue weighted by molar-refractivity contribution is -0.131. The van der Waals surface area contributed by atoms with E-state index in [1.807, 2.05) is 15.5 Å². The van der Waals surface area contributed by atoms with Crippen molar-refractivity contribution < 1.29 is 32.9 Å². The van der Waals surface area contributed by atoms with E-state index in [0.717, 1.165) is 0 Å². The summed E-state index contributed by atoms with van der Waals surface area (Å²) in [6, 6.07) is 11.6. The van der Waals surface area contributed by atoms with Gasteiger partial charge in [0.05, 0.1) is 28.6 Å². The quantitative estimate of drug-likeness (QED) is 0.244. The molecule has 3 aromatic heterocycles. The highest BCUT2D eigenvalue weighted by atomic mass is 35.5. The SMILES string of the molecule is CC(=O)N1CC[C@@H](n2c(O[C@H]3C[C@@H](C(O)O)N(c4nc(C(F)F)nc5c4oc4ccccc45)C3)nc3cccc(Cl)c32)[C@H](C)C1. The second-order valence-electron chi connectivity index (χ2n) is 11.8. The van der Waals surface area contributed by atoms with Crippen molar-refractivity contribution in [2.75, 3.05) is 24.5 Å². The summed E-state index contributed by atoms with van der Waals surface area (Å²) in [6.07, 6.45) is -4.66. The highest BCUT2D eigenvalue weighted by Crippen LogP contribution is 2.41. The molecule has 0 radical (unpaired) electrons. The molecule has 4 atom stereocenters. The van der Waals surface area contributed by atoms with E-state index in [1.165, 1.54) is 4.90 Å². The number of alkyl halides is 2. The average Bonchev–Trinajstić information content (AvgIpc) is 3.70. The third kappa shape index (κ3) is 5.12. The van der Waals surface area contributed by atoms with Gasteiger partial charge in [0.1, 0.15) is 17.2 Å². The number of anilines is 1. The third-order valence-electron chi connectivity index (χ3n) is 8.87. The number of piperidine rings is 1. The van der Waals surface area contributed by atoms with Gasteiger partial charge in [-0.05, 0) is 36.6 Å². The molecule has 5 aromatic rings. The first-order valence-corrected chi connectivity index (χ1v) is 15.2. The summed E-state index contributed by atoms with van der Waals surface area (Å²) in [5.41, 5.74) is 2.16. The van der Waals surface area contributed by atoms with E-state index in [-0.39, 0.29) is 47.8 Å². The van der Waals surface area contributed by atoms with Crippen LogP contribution in [0.15, 0.2) is 46.9 Å². The minimum absolute atomic E-state index is 0.0169. The van der Waals surface area contributed by atoms with Gasteiger partial charge in [0, 0.05) is 37.9 Å². The molecule has 5 heterocycles.